The van der Waals surface area contributed by atoms with Gasteiger partial charge in [-0.05, 0) is 26.0 Å². The highest BCUT2D eigenvalue weighted by molar-refractivity contribution is 6.00. The summed E-state index contributed by atoms with van der Waals surface area (Å²) < 4.78 is 8.46. The second kappa shape index (κ2) is 9.03. The Bertz CT molecular complexity index is 1060. The van der Waals surface area contributed by atoms with Crippen molar-refractivity contribution in [3.8, 4) is 16.9 Å². The van der Waals surface area contributed by atoms with Crippen molar-refractivity contribution < 1.29 is 9.53 Å². The molecule has 3 aliphatic rings. The van der Waals surface area contributed by atoms with Crippen LogP contribution in [0.25, 0.3) is 16.9 Å². The molecule has 8 heteroatoms. The normalized spacial score (nSPS) is 15.2. The van der Waals surface area contributed by atoms with Crippen molar-refractivity contribution in [2.45, 2.75) is 19.9 Å². The van der Waals surface area contributed by atoms with E-state index < -0.39 is 0 Å². The molecule has 0 unspecified atom stereocenters. The number of aromatic nitrogens is 3. The summed E-state index contributed by atoms with van der Waals surface area (Å²) >= 11 is 0. The number of amides is 1. The van der Waals surface area contributed by atoms with Gasteiger partial charge in [-0.25, -0.2) is 0 Å². The van der Waals surface area contributed by atoms with Gasteiger partial charge >= 0.3 is 0 Å². The Labute approximate surface area is 182 Å². The van der Waals surface area contributed by atoms with Crippen molar-refractivity contribution in [3.63, 3.8) is 0 Å². The van der Waals surface area contributed by atoms with E-state index in [0.29, 0.717) is 42.2 Å². The number of para-hydroxylation sites is 1. The van der Waals surface area contributed by atoms with E-state index in [2.05, 4.69) is 10.00 Å². The van der Waals surface area contributed by atoms with Gasteiger partial charge in [-0.2, -0.15) is 9.78 Å². The predicted octanol–water partition coefficient (Wildman–Crippen LogP) is 2.12. The van der Waals surface area contributed by atoms with Crippen LogP contribution in [-0.2, 0) is 4.74 Å². The Morgan fingerprint density at radius 3 is 2.45 bits per heavy atom. The first-order chi connectivity index (χ1) is 15.0. The van der Waals surface area contributed by atoms with E-state index in [0.717, 1.165) is 19.6 Å². The van der Waals surface area contributed by atoms with Gasteiger partial charge in [-0.1, -0.05) is 18.2 Å². The fraction of sp³-hybridized carbons (Fsp3) is 0.435. The molecule has 0 spiro atoms. The van der Waals surface area contributed by atoms with Crippen molar-refractivity contribution in [3.05, 3.63) is 58.6 Å². The maximum atomic E-state index is 13.5. The number of rotatable bonds is 6. The minimum absolute atomic E-state index is 0.0795. The van der Waals surface area contributed by atoms with Crippen LogP contribution in [0.1, 0.15) is 30.2 Å². The highest BCUT2D eigenvalue weighted by atomic mass is 16.5. The Morgan fingerprint density at radius 1 is 1.10 bits per heavy atom. The summed E-state index contributed by atoms with van der Waals surface area (Å²) in [5, 5.41) is 4.57. The molecule has 31 heavy (non-hydrogen) atoms. The topological polar surface area (TPSA) is 72.6 Å². The van der Waals surface area contributed by atoms with Crippen molar-refractivity contribution in [2.24, 2.45) is 0 Å². The van der Waals surface area contributed by atoms with Crippen LogP contribution in [0.3, 0.4) is 0 Å². The van der Waals surface area contributed by atoms with Crippen LogP contribution < -0.4 is 5.56 Å². The molecule has 0 aromatic heterocycles. The average Bonchev–Trinajstić information content (AvgIpc) is 3.14. The number of carbonyl (C=O) groups excluding carboxylic acids is 1. The van der Waals surface area contributed by atoms with Gasteiger partial charge in [0.05, 0.1) is 23.4 Å². The summed E-state index contributed by atoms with van der Waals surface area (Å²) in [5.74, 6) is -0.0795. The third-order valence-corrected chi connectivity index (χ3v) is 5.79. The highest BCUT2D eigenvalue weighted by Gasteiger charge is 2.29. The molecule has 164 valence electrons. The number of piperazine rings is 1. The molecule has 1 aromatic rings. The molecule has 0 aliphatic carbocycles. The van der Waals surface area contributed by atoms with Crippen molar-refractivity contribution in [1.82, 2.24) is 24.1 Å². The zero-order valence-electron chi connectivity index (χ0n) is 18.3. The van der Waals surface area contributed by atoms with E-state index >= 15 is 0 Å². The Morgan fingerprint density at radius 2 is 1.81 bits per heavy atom. The van der Waals surface area contributed by atoms with Crippen molar-refractivity contribution in [1.29, 1.82) is 0 Å². The lowest BCUT2D eigenvalue weighted by Crippen LogP contribution is -2.49. The molecule has 3 heterocycles. The first kappa shape index (κ1) is 21.3. The molecule has 0 bridgehead atoms. The number of hydrogen-bond donors (Lipinski definition) is 0. The second-order valence-corrected chi connectivity index (χ2v) is 8.15. The number of pyridine rings is 1. The van der Waals surface area contributed by atoms with Gasteiger partial charge in [0, 0.05) is 58.3 Å². The van der Waals surface area contributed by atoms with Crippen LogP contribution in [0.5, 0.6) is 0 Å². The van der Waals surface area contributed by atoms with Gasteiger partial charge in [-0.15, -0.1) is 0 Å². The standard InChI is InChI=1S/C23H29N5O3/c1-17(2)27-15-19(22(29)26-11-9-25(10-12-26)13-14-31-3)21-20(16-27)23(30)28(24-21)18-7-5-4-6-8-18/h4-8,15-17H,9-14H2,1-3H3. The Kier molecular flexibility index (Phi) is 6.20. The van der Waals surface area contributed by atoms with Gasteiger partial charge in [0.25, 0.3) is 11.5 Å². The number of methoxy groups -OCH3 is 1. The number of benzene rings is 1. The van der Waals surface area contributed by atoms with Crippen LogP contribution in [-0.4, -0.2) is 76.5 Å². The predicted molar refractivity (Wildman–Crippen MR) is 119 cm³/mol. The zero-order valence-corrected chi connectivity index (χ0v) is 18.3. The van der Waals surface area contributed by atoms with Crippen LogP contribution in [0.4, 0.5) is 0 Å². The molecule has 1 aromatic carbocycles. The second-order valence-electron chi connectivity index (χ2n) is 8.15. The number of nitrogens with zero attached hydrogens (tertiary/aromatic N) is 5. The molecule has 8 nitrogen and oxygen atoms in total. The van der Waals surface area contributed by atoms with Crippen LogP contribution >= 0.6 is 0 Å². The van der Waals surface area contributed by atoms with E-state index in [9.17, 15) is 9.59 Å². The average molecular weight is 424 g/mol. The van der Waals surface area contributed by atoms with Gasteiger partial charge in [0.1, 0.15) is 5.69 Å². The van der Waals surface area contributed by atoms with E-state index in [4.69, 9.17) is 4.74 Å². The summed E-state index contributed by atoms with van der Waals surface area (Å²) in [6, 6.07) is 9.41. The van der Waals surface area contributed by atoms with Crippen LogP contribution in [0.15, 0.2) is 47.5 Å². The van der Waals surface area contributed by atoms with E-state index in [1.807, 2.05) is 59.8 Å². The summed E-state index contributed by atoms with van der Waals surface area (Å²) in [5.41, 5.74) is 1.86. The van der Waals surface area contributed by atoms with Gasteiger partial charge < -0.3 is 14.2 Å². The lowest BCUT2D eigenvalue weighted by Gasteiger charge is -2.34. The maximum absolute atomic E-state index is 13.5. The molecule has 0 saturated carbocycles. The highest BCUT2D eigenvalue weighted by Crippen LogP contribution is 2.25. The molecular weight excluding hydrogens is 394 g/mol. The smallest absolute Gasteiger partial charge is 0.282 e. The van der Waals surface area contributed by atoms with Crippen LogP contribution in [0, 0.1) is 0 Å². The van der Waals surface area contributed by atoms with Crippen LogP contribution in [0.2, 0.25) is 0 Å². The monoisotopic (exact) mass is 423 g/mol. The first-order valence-electron chi connectivity index (χ1n) is 10.7. The number of hydrogen-bond acceptors (Lipinski definition) is 5. The third-order valence-electron chi connectivity index (χ3n) is 5.79. The molecule has 3 aliphatic heterocycles. The lowest BCUT2D eigenvalue weighted by atomic mass is 10.1. The molecule has 1 amide bonds. The SMILES string of the molecule is COCCN1CCN(C(=O)c2cn(C(C)C)cc3c(=O)n(-c4ccccc4)nc2-3)CC1. The lowest BCUT2D eigenvalue weighted by molar-refractivity contribution is 0.0593. The van der Waals surface area contributed by atoms with Gasteiger partial charge in [0.15, 0.2) is 0 Å². The number of carbonyl (C=O) groups is 1. The largest absolute Gasteiger partial charge is 0.383 e. The number of fused-ring (bicyclic) bond motifs is 1. The minimum Gasteiger partial charge on any atom is -0.383 e. The minimum atomic E-state index is -0.213. The Hall–Kier alpha value is -2.97. The number of ether oxygens (including phenoxy) is 1. The quantitative estimate of drug-likeness (QED) is 0.607. The van der Waals surface area contributed by atoms with Crippen molar-refractivity contribution >= 4 is 5.91 Å². The summed E-state index contributed by atoms with van der Waals surface area (Å²) in [6.07, 6.45) is 3.63. The fourth-order valence-electron chi connectivity index (χ4n) is 3.89. The van der Waals surface area contributed by atoms with E-state index in [1.54, 1.807) is 13.3 Å². The van der Waals surface area contributed by atoms with Gasteiger partial charge in [-0.3, -0.25) is 14.5 Å². The van der Waals surface area contributed by atoms with E-state index in [1.165, 1.54) is 4.68 Å². The molecule has 4 rings (SSSR count). The van der Waals surface area contributed by atoms with E-state index in [-0.39, 0.29) is 17.5 Å². The maximum Gasteiger partial charge on any atom is 0.282 e. The molecular formula is C23H29N5O3. The first-order valence-corrected chi connectivity index (χ1v) is 10.7. The zero-order chi connectivity index (χ0) is 22.0. The summed E-state index contributed by atoms with van der Waals surface area (Å²) in [6.45, 7) is 8.50. The molecule has 1 saturated heterocycles. The molecule has 1 fully saturated rings. The summed E-state index contributed by atoms with van der Waals surface area (Å²) in [7, 11) is 1.70. The van der Waals surface area contributed by atoms with Gasteiger partial charge in [0.2, 0.25) is 0 Å². The Balaban J connectivity index is 1.70. The van der Waals surface area contributed by atoms with Crippen molar-refractivity contribution in [2.75, 3.05) is 46.4 Å². The summed E-state index contributed by atoms with van der Waals surface area (Å²) in [4.78, 5) is 30.8. The third kappa shape index (κ3) is 4.26. The molecule has 0 radical (unpaired) electrons. The molecule has 0 atom stereocenters. The molecule has 0 N–H and O–H groups in total. The fourth-order valence-corrected chi connectivity index (χ4v) is 3.89.